The molecule has 0 bridgehead atoms. The minimum atomic E-state index is -4.50. The maximum atomic E-state index is 12.8. The summed E-state index contributed by atoms with van der Waals surface area (Å²) in [7, 11) is -3.61. The SMILES string of the molecule is Cc1ccc(S(=O)(=O)N2CCC(C(=O)Nc3ccc(OC(C)C(F)(F)F)nc3)CC2)cc1. The highest BCUT2D eigenvalue weighted by Crippen LogP contribution is 2.26. The van der Waals surface area contributed by atoms with E-state index in [9.17, 15) is 26.4 Å². The minimum absolute atomic E-state index is 0.206. The number of hydrogen-bond acceptors (Lipinski definition) is 5. The average molecular weight is 472 g/mol. The number of nitrogens with zero attached hydrogens (tertiary/aromatic N) is 2. The highest BCUT2D eigenvalue weighted by atomic mass is 32.2. The number of rotatable bonds is 6. The molecule has 0 spiro atoms. The largest absolute Gasteiger partial charge is 0.465 e. The number of sulfonamides is 1. The van der Waals surface area contributed by atoms with Crippen LogP contribution in [0.25, 0.3) is 0 Å². The third kappa shape index (κ3) is 5.77. The van der Waals surface area contributed by atoms with Crippen LogP contribution in [0.5, 0.6) is 5.88 Å². The van der Waals surface area contributed by atoms with Crippen LogP contribution in [-0.4, -0.2) is 49.0 Å². The highest BCUT2D eigenvalue weighted by Gasteiger charge is 2.38. The van der Waals surface area contributed by atoms with Gasteiger partial charge in [0.15, 0.2) is 6.10 Å². The van der Waals surface area contributed by atoms with E-state index in [4.69, 9.17) is 4.74 Å². The number of nitrogens with one attached hydrogen (secondary N) is 1. The molecule has 2 heterocycles. The van der Waals surface area contributed by atoms with Gasteiger partial charge in [0, 0.05) is 25.1 Å². The number of piperidine rings is 1. The van der Waals surface area contributed by atoms with Gasteiger partial charge in [-0.3, -0.25) is 4.79 Å². The Bertz CT molecular complexity index is 1030. The molecule has 1 unspecified atom stereocenters. The fourth-order valence-corrected chi connectivity index (χ4v) is 4.70. The number of aromatic nitrogens is 1. The van der Waals surface area contributed by atoms with Gasteiger partial charge in [0.1, 0.15) is 0 Å². The van der Waals surface area contributed by atoms with Gasteiger partial charge < -0.3 is 10.1 Å². The Morgan fingerprint density at radius 2 is 1.78 bits per heavy atom. The first-order chi connectivity index (χ1) is 15.0. The Morgan fingerprint density at radius 3 is 2.31 bits per heavy atom. The van der Waals surface area contributed by atoms with Crippen molar-refractivity contribution < 1.29 is 31.1 Å². The van der Waals surface area contributed by atoms with Crippen LogP contribution in [0.15, 0.2) is 47.5 Å². The summed E-state index contributed by atoms with van der Waals surface area (Å²) in [5.74, 6) is -0.889. The predicted octanol–water partition coefficient (Wildman–Crippen LogP) is 3.76. The summed E-state index contributed by atoms with van der Waals surface area (Å²) in [4.78, 5) is 16.6. The van der Waals surface area contributed by atoms with Crippen molar-refractivity contribution in [2.45, 2.75) is 43.9 Å². The zero-order valence-corrected chi connectivity index (χ0v) is 18.4. The normalized spacial score (nSPS) is 17.0. The van der Waals surface area contributed by atoms with Crippen molar-refractivity contribution in [3.8, 4) is 5.88 Å². The molecule has 32 heavy (non-hydrogen) atoms. The molecule has 1 aliphatic rings. The summed E-state index contributed by atoms with van der Waals surface area (Å²) in [5, 5.41) is 2.67. The molecular weight excluding hydrogens is 447 g/mol. The first-order valence-corrected chi connectivity index (χ1v) is 11.5. The molecule has 3 rings (SSSR count). The van der Waals surface area contributed by atoms with Crippen LogP contribution in [0.2, 0.25) is 0 Å². The molecule has 1 aliphatic heterocycles. The maximum Gasteiger partial charge on any atom is 0.425 e. The molecule has 11 heteroatoms. The molecule has 2 aromatic rings. The van der Waals surface area contributed by atoms with Crippen LogP contribution in [0.1, 0.15) is 25.3 Å². The van der Waals surface area contributed by atoms with E-state index in [-0.39, 0.29) is 35.7 Å². The van der Waals surface area contributed by atoms with Crippen LogP contribution in [0.4, 0.5) is 18.9 Å². The number of alkyl halides is 3. The van der Waals surface area contributed by atoms with Gasteiger partial charge in [0.2, 0.25) is 21.8 Å². The quantitative estimate of drug-likeness (QED) is 0.693. The van der Waals surface area contributed by atoms with E-state index in [1.165, 1.54) is 22.6 Å². The van der Waals surface area contributed by atoms with E-state index < -0.39 is 22.3 Å². The van der Waals surface area contributed by atoms with Gasteiger partial charge in [0.05, 0.1) is 16.8 Å². The molecule has 7 nitrogen and oxygen atoms in total. The second-order valence-electron chi connectivity index (χ2n) is 7.67. The molecular formula is C21H24F3N3O4S. The molecule has 1 aromatic carbocycles. The number of anilines is 1. The van der Waals surface area contributed by atoms with E-state index in [0.29, 0.717) is 18.5 Å². The van der Waals surface area contributed by atoms with Gasteiger partial charge in [0.25, 0.3) is 0 Å². The Kier molecular flexibility index (Phi) is 7.09. The monoisotopic (exact) mass is 471 g/mol. The summed E-state index contributed by atoms with van der Waals surface area (Å²) < 4.78 is 69.3. The second kappa shape index (κ2) is 9.45. The van der Waals surface area contributed by atoms with Crippen molar-refractivity contribution in [3.63, 3.8) is 0 Å². The Morgan fingerprint density at radius 1 is 1.16 bits per heavy atom. The number of pyridine rings is 1. The third-order valence-electron chi connectivity index (χ3n) is 5.25. The van der Waals surface area contributed by atoms with Crippen molar-refractivity contribution in [1.29, 1.82) is 0 Å². The number of ether oxygens (including phenoxy) is 1. The Hall–Kier alpha value is -2.66. The highest BCUT2D eigenvalue weighted by molar-refractivity contribution is 7.89. The number of aryl methyl sites for hydroxylation is 1. The van der Waals surface area contributed by atoms with Gasteiger partial charge in [-0.1, -0.05) is 17.7 Å². The first kappa shape index (κ1) is 24.0. The molecule has 1 atom stereocenters. The van der Waals surface area contributed by atoms with Crippen molar-refractivity contribution in [2.75, 3.05) is 18.4 Å². The lowest BCUT2D eigenvalue weighted by Crippen LogP contribution is -2.41. The topological polar surface area (TPSA) is 88.6 Å². The standard InChI is InChI=1S/C21H24F3N3O4S/c1-14-3-6-18(7-4-14)32(29,30)27-11-9-16(10-12-27)20(28)26-17-5-8-19(25-13-17)31-15(2)21(22,23)24/h3-8,13,15-16H,9-12H2,1-2H3,(H,26,28). The Labute approximate surface area is 184 Å². The van der Waals surface area contributed by atoms with Gasteiger partial charge in [-0.25, -0.2) is 13.4 Å². The molecule has 0 aliphatic carbocycles. The van der Waals surface area contributed by atoms with Gasteiger partial charge >= 0.3 is 6.18 Å². The van der Waals surface area contributed by atoms with Crippen molar-refractivity contribution in [2.24, 2.45) is 5.92 Å². The van der Waals surface area contributed by atoms with Crippen molar-refractivity contribution >= 4 is 21.6 Å². The van der Waals surface area contributed by atoms with Gasteiger partial charge in [-0.05, 0) is 44.9 Å². The predicted molar refractivity (Wildman–Crippen MR) is 112 cm³/mol. The smallest absolute Gasteiger partial charge is 0.425 e. The molecule has 1 amide bonds. The molecule has 1 fully saturated rings. The molecule has 174 valence electrons. The number of benzene rings is 1. The average Bonchev–Trinajstić information content (AvgIpc) is 2.75. The number of carbonyl (C=O) groups is 1. The van der Waals surface area contributed by atoms with Crippen LogP contribution in [0.3, 0.4) is 0 Å². The lowest BCUT2D eigenvalue weighted by Gasteiger charge is -2.30. The summed E-state index contributed by atoms with van der Waals surface area (Å²) in [5.41, 5.74) is 1.28. The third-order valence-corrected chi connectivity index (χ3v) is 7.16. The minimum Gasteiger partial charge on any atom is -0.465 e. The summed E-state index contributed by atoms with van der Waals surface area (Å²) >= 11 is 0. The molecule has 1 saturated heterocycles. The lowest BCUT2D eigenvalue weighted by atomic mass is 9.97. The fraction of sp³-hybridized carbons (Fsp3) is 0.429. The van der Waals surface area contributed by atoms with Crippen LogP contribution in [-0.2, 0) is 14.8 Å². The fourth-order valence-electron chi connectivity index (χ4n) is 3.23. The first-order valence-electron chi connectivity index (χ1n) is 10.0. The zero-order valence-electron chi connectivity index (χ0n) is 17.6. The van der Waals surface area contributed by atoms with Gasteiger partial charge in [-0.2, -0.15) is 17.5 Å². The lowest BCUT2D eigenvalue weighted by molar-refractivity contribution is -0.189. The molecule has 0 saturated carbocycles. The summed E-state index contributed by atoms with van der Waals surface area (Å²) in [6.07, 6.45) is -4.58. The van der Waals surface area contributed by atoms with E-state index in [0.717, 1.165) is 12.5 Å². The van der Waals surface area contributed by atoms with Crippen LogP contribution < -0.4 is 10.1 Å². The van der Waals surface area contributed by atoms with Crippen molar-refractivity contribution in [3.05, 3.63) is 48.2 Å². The van der Waals surface area contributed by atoms with Crippen molar-refractivity contribution in [1.82, 2.24) is 9.29 Å². The van der Waals surface area contributed by atoms with Crippen LogP contribution >= 0.6 is 0 Å². The van der Waals surface area contributed by atoms with Gasteiger partial charge in [-0.15, -0.1) is 0 Å². The number of amides is 1. The van der Waals surface area contributed by atoms with Crippen LogP contribution in [0, 0.1) is 12.8 Å². The summed E-state index contributed by atoms with van der Waals surface area (Å²) in [6.45, 7) is 3.19. The molecule has 1 aromatic heterocycles. The molecule has 1 N–H and O–H groups in total. The van der Waals surface area contributed by atoms with E-state index >= 15 is 0 Å². The van der Waals surface area contributed by atoms with E-state index in [2.05, 4.69) is 10.3 Å². The number of carbonyl (C=O) groups excluding carboxylic acids is 1. The molecule has 0 radical (unpaired) electrons. The summed E-state index contributed by atoms with van der Waals surface area (Å²) in [6, 6.07) is 9.26. The maximum absolute atomic E-state index is 12.8. The zero-order chi connectivity index (χ0) is 23.5. The number of hydrogen-bond donors (Lipinski definition) is 1. The van der Waals surface area contributed by atoms with E-state index in [1.807, 2.05) is 6.92 Å². The Balaban J connectivity index is 1.54. The number of halogens is 3. The van der Waals surface area contributed by atoms with E-state index in [1.54, 1.807) is 24.3 Å². The second-order valence-corrected chi connectivity index (χ2v) is 9.61.